The summed E-state index contributed by atoms with van der Waals surface area (Å²) in [6.45, 7) is 24.6. The molecule has 0 radical (unpaired) electrons. The van der Waals surface area contributed by atoms with E-state index in [-0.39, 0.29) is 22.9 Å². The van der Waals surface area contributed by atoms with Crippen LogP contribution in [0.4, 0.5) is 11.4 Å². The van der Waals surface area contributed by atoms with Crippen LogP contribution in [0, 0.1) is 11.8 Å². The molecule has 0 N–H and O–H groups in total. The van der Waals surface area contributed by atoms with E-state index in [1.807, 2.05) is 0 Å². The first kappa shape index (κ1) is 26.4. The van der Waals surface area contributed by atoms with E-state index in [1.165, 1.54) is 22.5 Å². The molecule has 36 heavy (non-hydrogen) atoms. The van der Waals surface area contributed by atoms with Crippen molar-refractivity contribution in [1.82, 2.24) is 0 Å². The molecule has 2 aliphatic heterocycles. The van der Waals surface area contributed by atoms with Gasteiger partial charge in [-0.3, -0.25) is 9.98 Å². The lowest BCUT2D eigenvalue weighted by Gasteiger charge is -2.29. The number of rotatable bonds is 5. The minimum Gasteiger partial charge on any atom is -0.321 e. The van der Waals surface area contributed by atoms with Gasteiger partial charge in [-0.25, -0.2) is 0 Å². The first-order valence-corrected chi connectivity index (χ1v) is 13.7. The van der Waals surface area contributed by atoms with E-state index in [0.29, 0.717) is 11.8 Å². The Kier molecular flexibility index (Phi) is 7.11. The molecule has 0 fully saturated rings. The average molecular weight is 487 g/mol. The topological polar surface area (TPSA) is 31.2 Å². The van der Waals surface area contributed by atoms with Gasteiger partial charge >= 0.3 is 0 Å². The highest BCUT2D eigenvalue weighted by Crippen LogP contribution is 2.34. The van der Waals surface area contributed by atoms with Crippen molar-refractivity contribution < 1.29 is 0 Å². The molecule has 0 saturated carbocycles. The Hall–Kier alpha value is -2.62. The Labute approximate surface area is 219 Å². The van der Waals surface area contributed by atoms with Crippen LogP contribution in [-0.4, -0.2) is 36.8 Å². The van der Waals surface area contributed by atoms with Crippen LogP contribution in [0.2, 0.25) is 0 Å². The Morgan fingerprint density at radius 1 is 0.639 bits per heavy atom. The van der Waals surface area contributed by atoms with Crippen LogP contribution >= 0.6 is 0 Å². The van der Waals surface area contributed by atoms with E-state index in [0.717, 1.165) is 24.8 Å². The Morgan fingerprint density at radius 2 is 1.00 bits per heavy atom. The lowest BCUT2D eigenvalue weighted by molar-refractivity contribution is 0.521. The summed E-state index contributed by atoms with van der Waals surface area (Å²) in [6, 6.07) is 18.5. The zero-order valence-electron chi connectivity index (χ0n) is 24.1. The summed E-state index contributed by atoms with van der Waals surface area (Å²) in [5.41, 5.74) is 5.30. The fourth-order valence-corrected chi connectivity index (χ4v) is 4.89. The van der Waals surface area contributed by atoms with E-state index in [9.17, 15) is 0 Å². The predicted octanol–water partition coefficient (Wildman–Crippen LogP) is 7.47. The SMILES string of the molecule is CC(C)[C@@H]1CN(c2cccc(C(C)(C)C)c2)C(C2=N[C@@H](C(C)C)CN2c2cccc(C(C)(C)C)c2)=N1. The molecule has 4 nitrogen and oxygen atoms in total. The number of hydrogen-bond acceptors (Lipinski definition) is 4. The van der Waals surface area contributed by atoms with Gasteiger partial charge in [0.15, 0.2) is 11.7 Å². The van der Waals surface area contributed by atoms with E-state index in [4.69, 9.17) is 9.98 Å². The molecular formula is C32H46N4. The highest BCUT2D eigenvalue weighted by Gasteiger charge is 2.38. The van der Waals surface area contributed by atoms with Gasteiger partial charge in [0.1, 0.15) is 0 Å². The molecule has 2 aliphatic rings. The van der Waals surface area contributed by atoms with Gasteiger partial charge in [0.05, 0.1) is 12.1 Å². The molecule has 0 spiro atoms. The number of anilines is 2. The van der Waals surface area contributed by atoms with Crippen LogP contribution in [-0.2, 0) is 10.8 Å². The van der Waals surface area contributed by atoms with E-state index in [1.54, 1.807) is 0 Å². The molecule has 2 heterocycles. The molecule has 0 bridgehead atoms. The minimum absolute atomic E-state index is 0.0948. The van der Waals surface area contributed by atoms with Gasteiger partial charge in [-0.15, -0.1) is 0 Å². The van der Waals surface area contributed by atoms with Crippen LogP contribution < -0.4 is 9.80 Å². The monoisotopic (exact) mass is 486 g/mol. The van der Waals surface area contributed by atoms with Gasteiger partial charge in [0, 0.05) is 24.5 Å². The minimum atomic E-state index is 0.0948. The Bertz CT molecular complexity index is 1050. The number of nitrogens with zero attached hydrogens (tertiary/aromatic N) is 4. The highest BCUT2D eigenvalue weighted by molar-refractivity contribution is 6.50. The molecule has 0 aromatic heterocycles. The van der Waals surface area contributed by atoms with Crippen molar-refractivity contribution in [3.8, 4) is 0 Å². The zero-order valence-corrected chi connectivity index (χ0v) is 24.1. The van der Waals surface area contributed by atoms with E-state index >= 15 is 0 Å². The summed E-state index contributed by atoms with van der Waals surface area (Å²) < 4.78 is 0. The third-order valence-electron chi connectivity index (χ3n) is 7.61. The summed E-state index contributed by atoms with van der Waals surface area (Å²) >= 11 is 0. The quantitative estimate of drug-likeness (QED) is 0.439. The van der Waals surface area contributed by atoms with Crippen molar-refractivity contribution in [1.29, 1.82) is 0 Å². The molecule has 194 valence electrons. The first-order valence-electron chi connectivity index (χ1n) is 13.7. The van der Waals surface area contributed by atoms with Crippen molar-refractivity contribution in [3.05, 3.63) is 59.7 Å². The van der Waals surface area contributed by atoms with Crippen molar-refractivity contribution in [3.63, 3.8) is 0 Å². The molecule has 0 saturated heterocycles. The molecule has 2 aromatic carbocycles. The van der Waals surface area contributed by atoms with E-state index < -0.39 is 0 Å². The van der Waals surface area contributed by atoms with Gasteiger partial charge in [0.2, 0.25) is 0 Å². The smallest absolute Gasteiger partial charge is 0.172 e. The number of benzene rings is 2. The predicted molar refractivity (Wildman–Crippen MR) is 157 cm³/mol. The van der Waals surface area contributed by atoms with Crippen molar-refractivity contribution in [2.75, 3.05) is 22.9 Å². The normalized spacial score (nSPS) is 21.0. The molecule has 0 amide bonds. The molecular weight excluding hydrogens is 440 g/mol. The van der Waals surface area contributed by atoms with Crippen molar-refractivity contribution in [2.45, 2.75) is 92.2 Å². The van der Waals surface area contributed by atoms with Gasteiger partial charge < -0.3 is 9.80 Å². The Balaban J connectivity index is 1.80. The summed E-state index contributed by atoms with van der Waals surface area (Å²) in [4.78, 5) is 15.5. The lowest BCUT2D eigenvalue weighted by Crippen LogP contribution is -2.42. The fraction of sp³-hybridized carbons (Fsp3) is 0.562. The van der Waals surface area contributed by atoms with Crippen LogP contribution in [0.15, 0.2) is 58.5 Å². The van der Waals surface area contributed by atoms with Crippen LogP contribution in [0.25, 0.3) is 0 Å². The third-order valence-corrected chi connectivity index (χ3v) is 7.61. The second-order valence-electron chi connectivity index (χ2n) is 13.4. The summed E-state index contributed by atoms with van der Waals surface area (Å²) in [5, 5.41) is 0. The zero-order chi connectivity index (χ0) is 26.4. The maximum atomic E-state index is 5.33. The van der Waals surface area contributed by atoms with Gasteiger partial charge in [-0.05, 0) is 58.1 Å². The van der Waals surface area contributed by atoms with E-state index in [2.05, 4.69) is 128 Å². The standard InChI is InChI=1S/C32H46N4/c1-21(2)27-19-35(25-15-11-13-23(17-25)31(5,6)7)29(33-27)30-34-28(22(3)4)20-36(30)26-16-12-14-24(18-26)32(8,9)10/h11-18,21-22,27-28H,19-20H2,1-10H3/t27-,28+. The Morgan fingerprint density at radius 3 is 1.31 bits per heavy atom. The highest BCUT2D eigenvalue weighted by atomic mass is 15.4. The first-order chi connectivity index (χ1) is 16.8. The fourth-order valence-electron chi connectivity index (χ4n) is 4.89. The van der Waals surface area contributed by atoms with Gasteiger partial charge in [-0.1, -0.05) is 93.5 Å². The lowest BCUT2D eigenvalue weighted by atomic mass is 9.86. The average Bonchev–Trinajstić information content (AvgIpc) is 3.43. The van der Waals surface area contributed by atoms with Crippen LogP contribution in [0.3, 0.4) is 0 Å². The van der Waals surface area contributed by atoms with Crippen molar-refractivity contribution >= 4 is 23.0 Å². The van der Waals surface area contributed by atoms with Crippen LogP contribution in [0.5, 0.6) is 0 Å². The molecule has 2 atom stereocenters. The number of hydrogen-bond donors (Lipinski definition) is 0. The van der Waals surface area contributed by atoms with Crippen molar-refractivity contribution in [2.24, 2.45) is 21.8 Å². The molecule has 0 unspecified atom stereocenters. The third kappa shape index (κ3) is 5.38. The molecule has 4 heteroatoms. The maximum Gasteiger partial charge on any atom is 0.172 e. The molecule has 2 aromatic rings. The number of aliphatic imine (C=N–C) groups is 2. The van der Waals surface area contributed by atoms with Crippen LogP contribution in [0.1, 0.15) is 80.4 Å². The summed E-state index contributed by atoms with van der Waals surface area (Å²) in [6.07, 6.45) is 0. The number of amidine groups is 2. The largest absolute Gasteiger partial charge is 0.321 e. The molecule has 4 rings (SSSR count). The maximum absolute atomic E-state index is 5.33. The summed E-state index contributed by atoms with van der Waals surface area (Å²) in [5.74, 6) is 2.97. The van der Waals surface area contributed by atoms with Gasteiger partial charge in [0.25, 0.3) is 0 Å². The second kappa shape index (κ2) is 9.68. The summed E-state index contributed by atoms with van der Waals surface area (Å²) in [7, 11) is 0. The van der Waals surface area contributed by atoms with Gasteiger partial charge in [-0.2, -0.15) is 0 Å². The second-order valence-corrected chi connectivity index (χ2v) is 13.4. The molecule has 0 aliphatic carbocycles.